The average molecular weight is 317 g/mol. The molecular formula is C14H19BrClN. The fourth-order valence-corrected chi connectivity index (χ4v) is 2.69. The first kappa shape index (κ1) is 13.4. The highest BCUT2D eigenvalue weighted by Gasteiger charge is 2.25. The summed E-state index contributed by atoms with van der Waals surface area (Å²) in [7, 11) is 0. The van der Waals surface area contributed by atoms with Crippen LogP contribution in [0.2, 0.25) is 5.02 Å². The predicted octanol–water partition coefficient (Wildman–Crippen LogP) is 4.72. The third kappa shape index (κ3) is 3.97. The summed E-state index contributed by atoms with van der Waals surface area (Å²) < 4.78 is 1.05. The summed E-state index contributed by atoms with van der Waals surface area (Å²) in [6, 6.07) is 6.74. The maximum atomic E-state index is 6.27. The highest BCUT2D eigenvalue weighted by molar-refractivity contribution is 9.10. The normalized spacial score (nSPS) is 15.9. The lowest BCUT2D eigenvalue weighted by Crippen LogP contribution is -2.32. The van der Waals surface area contributed by atoms with Gasteiger partial charge in [0.25, 0.3) is 0 Å². The van der Waals surface area contributed by atoms with E-state index in [0.29, 0.717) is 6.04 Å². The van der Waals surface area contributed by atoms with Gasteiger partial charge in [-0.05, 0) is 50.3 Å². The lowest BCUT2D eigenvalue weighted by molar-refractivity contribution is 0.204. The van der Waals surface area contributed by atoms with Gasteiger partial charge in [-0.1, -0.05) is 33.6 Å². The second-order valence-corrected chi connectivity index (χ2v) is 6.53. The molecule has 1 aliphatic rings. The van der Waals surface area contributed by atoms with E-state index >= 15 is 0 Å². The first-order valence-electron chi connectivity index (χ1n) is 6.24. The Kier molecular flexibility index (Phi) is 4.51. The third-order valence-corrected chi connectivity index (χ3v) is 4.15. The molecule has 94 valence electrons. The summed E-state index contributed by atoms with van der Waals surface area (Å²) in [6.45, 7) is 6.69. The van der Waals surface area contributed by atoms with Crippen molar-refractivity contribution in [2.24, 2.45) is 5.92 Å². The fraction of sp³-hybridized carbons (Fsp3) is 0.571. The quantitative estimate of drug-likeness (QED) is 0.759. The van der Waals surface area contributed by atoms with Gasteiger partial charge in [-0.3, -0.25) is 4.90 Å². The smallest absolute Gasteiger partial charge is 0.0462 e. The molecule has 0 unspecified atom stereocenters. The SMILES string of the molecule is CC(C)N(Cc1ccc(Br)cc1Cl)CC1CC1. The summed E-state index contributed by atoms with van der Waals surface area (Å²) in [6.07, 6.45) is 2.80. The zero-order valence-electron chi connectivity index (χ0n) is 10.4. The Morgan fingerprint density at radius 3 is 2.65 bits per heavy atom. The van der Waals surface area contributed by atoms with Gasteiger partial charge in [0.15, 0.2) is 0 Å². The highest BCUT2D eigenvalue weighted by Crippen LogP contribution is 2.31. The van der Waals surface area contributed by atoms with Gasteiger partial charge in [0, 0.05) is 28.6 Å². The second-order valence-electron chi connectivity index (χ2n) is 5.20. The lowest BCUT2D eigenvalue weighted by atomic mass is 10.1. The van der Waals surface area contributed by atoms with Crippen LogP contribution in [-0.2, 0) is 6.54 Å². The minimum Gasteiger partial charge on any atom is -0.296 e. The monoisotopic (exact) mass is 315 g/mol. The molecule has 0 aliphatic heterocycles. The molecule has 0 heterocycles. The summed E-state index contributed by atoms with van der Waals surface area (Å²) in [4.78, 5) is 2.52. The van der Waals surface area contributed by atoms with E-state index in [1.807, 2.05) is 6.07 Å². The van der Waals surface area contributed by atoms with Crippen LogP contribution < -0.4 is 0 Å². The zero-order chi connectivity index (χ0) is 12.4. The Balaban J connectivity index is 2.05. The van der Waals surface area contributed by atoms with Crippen molar-refractivity contribution in [1.82, 2.24) is 4.90 Å². The molecule has 1 aromatic rings. The van der Waals surface area contributed by atoms with Crippen molar-refractivity contribution in [2.45, 2.75) is 39.3 Å². The molecule has 0 spiro atoms. The molecule has 0 radical (unpaired) electrons. The van der Waals surface area contributed by atoms with Crippen LogP contribution in [0.15, 0.2) is 22.7 Å². The number of hydrogen-bond acceptors (Lipinski definition) is 1. The van der Waals surface area contributed by atoms with Crippen molar-refractivity contribution in [3.05, 3.63) is 33.3 Å². The van der Waals surface area contributed by atoms with Crippen LogP contribution in [0.4, 0.5) is 0 Å². The summed E-state index contributed by atoms with van der Waals surface area (Å²) >= 11 is 9.72. The molecular weight excluding hydrogens is 298 g/mol. The molecule has 0 atom stereocenters. The number of halogens is 2. The topological polar surface area (TPSA) is 3.24 Å². The van der Waals surface area contributed by atoms with Crippen molar-refractivity contribution < 1.29 is 0 Å². The van der Waals surface area contributed by atoms with E-state index < -0.39 is 0 Å². The van der Waals surface area contributed by atoms with Crippen molar-refractivity contribution in [3.8, 4) is 0 Å². The average Bonchev–Trinajstić information content (AvgIpc) is 3.04. The molecule has 1 nitrogen and oxygen atoms in total. The molecule has 1 saturated carbocycles. The van der Waals surface area contributed by atoms with Gasteiger partial charge in [0.1, 0.15) is 0 Å². The van der Waals surface area contributed by atoms with Crippen molar-refractivity contribution in [2.75, 3.05) is 6.54 Å². The van der Waals surface area contributed by atoms with Gasteiger partial charge >= 0.3 is 0 Å². The van der Waals surface area contributed by atoms with Crippen LogP contribution in [-0.4, -0.2) is 17.5 Å². The van der Waals surface area contributed by atoms with E-state index in [4.69, 9.17) is 11.6 Å². The standard InChI is InChI=1S/C14H19BrClN/c1-10(2)17(8-11-3-4-11)9-12-5-6-13(15)7-14(12)16/h5-7,10-11H,3-4,8-9H2,1-2H3. The van der Waals surface area contributed by atoms with E-state index in [0.717, 1.165) is 22.0 Å². The van der Waals surface area contributed by atoms with Gasteiger partial charge in [-0.15, -0.1) is 0 Å². The van der Waals surface area contributed by atoms with Crippen LogP contribution in [0.1, 0.15) is 32.3 Å². The number of hydrogen-bond donors (Lipinski definition) is 0. The molecule has 0 amide bonds. The van der Waals surface area contributed by atoms with Crippen LogP contribution in [0.25, 0.3) is 0 Å². The Morgan fingerprint density at radius 2 is 2.12 bits per heavy atom. The van der Waals surface area contributed by atoms with E-state index in [9.17, 15) is 0 Å². The molecule has 3 heteroatoms. The maximum Gasteiger partial charge on any atom is 0.0462 e. The van der Waals surface area contributed by atoms with Gasteiger partial charge in [0.05, 0.1) is 0 Å². The summed E-state index contributed by atoms with van der Waals surface area (Å²) in [5, 5.41) is 0.862. The van der Waals surface area contributed by atoms with Gasteiger partial charge in [0.2, 0.25) is 0 Å². The zero-order valence-corrected chi connectivity index (χ0v) is 12.8. The summed E-state index contributed by atoms with van der Waals surface area (Å²) in [5.41, 5.74) is 1.23. The minimum absolute atomic E-state index is 0.579. The van der Waals surface area contributed by atoms with Crippen molar-refractivity contribution in [3.63, 3.8) is 0 Å². The van der Waals surface area contributed by atoms with Crippen molar-refractivity contribution >= 4 is 27.5 Å². The van der Waals surface area contributed by atoms with Crippen LogP contribution >= 0.6 is 27.5 Å². The molecule has 17 heavy (non-hydrogen) atoms. The molecule has 0 bridgehead atoms. The van der Waals surface area contributed by atoms with Crippen molar-refractivity contribution in [1.29, 1.82) is 0 Å². The van der Waals surface area contributed by atoms with Crippen LogP contribution in [0, 0.1) is 5.92 Å². The maximum absolute atomic E-state index is 6.27. The summed E-state index contributed by atoms with van der Waals surface area (Å²) in [5.74, 6) is 0.923. The Morgan fingerprint density at radius 1 is 1.41 bits per heavy atom. The lowest BCUT2D eigenvalue weighted by Gasteiger charge is -2.27. The van der Waals surface area contributed by atoms with Gasteiger partial charge in [-0.2, -0.15) is 0 Å². The molecule has 0 saturated heterocycles. The number of benzene rings is 1. The highest BCUT2D eigenvalue weighted by atomic mass is 79.9. The molecule has 2 rings (SSSR count). The Hall–Kier alpha value is -0.0500. The Labute approximate surface area is 117 Å². The molecule has 0 N–H and O–H groups in total. The van der Waals surface area contributed by atoms with E-state index in [1.54, 1.807) is 0 Å². The Bertz CT molecular complexity index is 388. The number of rotatable bonds is 5. The molecule has 1 aliphatic carbocycles. The first-order valence-corrected chi connectivity index (χ1v) is 7.41. The second kappa shape index (κ2) is 5.73. The molecule has 0 aromatic heterocycles. The predicted molar refractivity (Wildman–Crippen MR) is 77.4 cm³/mol. The first-order chi connectivity index (χ1) is 8.06. The fourth-order valence-electron chi connectivity index (χ4n) is 1.96. The van der Waals surface area contributed by atoms with E-state index in [2.05, 4.69) is 46.8 Å². The van der Waals surface area contributed by atoms with E-state index in [1.165, 1.54) is 24.9 Å². The molecule has 1 fully saturated rings. The largest absolute Gasteiger partial charge is 0.296 e. The van der Waals surface area contributed by atoms with Gasteiger partial charge < -0.3 is 0 Å². The van der Waals surface area contributed by atoms with E-state index in [-0.39, 0.29) is 0 Å². The van der Waals surface area contributed by atoms with Gasteiger partial charge in [-0.25, -0.2) is 0 Å². The molecule has 1 aromatic carbocycles. The third-order valence-electron chi connectivity index (χ3n) is 3.31. The number of nitrogens with zero attached hydrogens (tertiary/aromatic N) is 1. The van der Waals surface area contributed by atoms with Crippen LogP contribution in [0.5, 0.6) is 0 Å². The van der Waals surface area contributed by atoms with Crippen LogP contribution in [0.3, 0.4) is 0 Å². The minimum atomic E-state index is 0.579.